The zero-order valence-corrected chi connectivity index (χ0v) is 14.2. The molecule has 1 N–H and O–H groups in total. The average molecular weight is 384 g/mol. The summed E-state index contributed by atoms with van der Waals surface area (Å²) in [6.07, 6.45) is -1.49. The quantitative estimate of drug-likeness (QED) is 0.468. The van der Waals surface area contributed by atoms with Crippen LogP contribution in [0.2, 0.25) is 0 Å². The number of hydrogen-bond donors (Lipinski definition) is 1. The zero-order chi connectivity index (χ0) is 19.7. The first-order valence-electron chi connectivity index (χ1n) is 8.22. The van der Waals surface area contributed by atoms with E-state index in [0.717, 1.165) is 12.1 Å². The van der Waals surface area contributed by atoms with Gasteiger partial charge >= 0.3 is 6.18 Å². The second-order valence-electron chi connectivity index (χ2n) is 6.00. The number of nitrogens with zero attached hydrogens (tertiary/aromatic N) is 3. The summed E-state index contributed by atoms with van der Waals surface area (Å²) in [7, 11) is 0. The number of pyridine rings is 1. The minimum Gasteiger partial charge on any atom is -0.339 e. The van der Waals surface area contributed by atoms with Crippen LogP contribution in [0.5, 0.6) is 0 Å². The van der Waals surface area contributed by atoms with E-state index in [1.54, 1.807) is 48.8 Å². The van der Waals surface area contributed by atoms with E-state index in [2.05, 4.69) is 20.3 Å². The van der Waals surface area contributed by atoms with E-state index < -0.39 is 17.6 Å². The van der Waals surface area contributed by atoms with Crippen LogP contribution in [0, 0.1) is 5.82 Å². The Balaban J connectivity index is 1.84. The summed E-state index contributed by atoms with van der Waals surface area (Å²) in [6.45, 7) is 0. The fourth-order valence-electron chi connectivity index (χ4n) is 2.76. The Morgan fingerprint density at radius 3 is 2.36 bits per heavy atom. The standard InChI is InChI=1S/C20H12F4N4/c21-14-9-13(20(22,23)24)10-15(11-14)26-19-16-3-1-2-4-17(16)27-18(28-19)12-5-7-25-8-6-12/h1-11H,(H,26,27,28). The van der Waals surface area contributed by atoms with Gasteiger partial charge in [0.25, 0.3) is 0 Å². The molecule has 4 aromatic rings. The fraction of sp³-hybridized carbons (Fsp3) is 0.0500. The van der Waals surface area contributed by atoms with E-state index in [1.165, 1.54) is 0 Å². The van der Waals surface area contributed by atoms with Crippen molar-refractivity contribution in [2.24, 2.45) is 0 Å². The number of aromatic nitrogens is 3. The lowest BCUT2D eigenvalue weighted by Gasteiger charge is -2.13. The average Bonchev–Trinajstić information content (AvgIpc) is 2.67. The molecule has 140 valence electrons. The number of hydrogen-bond acceptors (Lipinski definition) is 4. The summed E-state index contributed by atoms with van der Waals surface area (Å²) < 4.78 is 52.7. The van der Waals surface area contributed by atoms with Crippen LogP contribution < -0.4 is 5.32 Å². The van der Waals surface area contributed by atoms with Crippen molar-refractivity contribution in [3.63, 3.8) is 0 Å². The summed E-state index contributed by atoms with van der Waals surface area (Å²) in [5.41, 5.74) is 0.151. The summed E-state index contributed by atoms with van der Waals surface area (Å²) in [4.78, 5) is 12.9. The van der Waals surface area contributed by atoms with E-state index in [9.17, 15) is 17.6 Å². The Hall–Kier alpha value is -3.55. The Morgan fingerprint density at radius 1 is 0.857 bits per heavy atom. The molecule has 28 heavy (non-hydrogen) atoms. The molecule has 0 amide bonds. The molecule has 0 aliphatic rings. The first-order chi connectivity index (χ1) is 13.4. The Labute approximate surface area is 156 Å². The van der Waals surface area contributed by atoms with Gasteiger partial charge in [-0.2, -0.15) is 13.2 Å². The van der Waals surface area contributed by atoms with E-state index in [1.807, 2.05) is 0 Å². The van der Waals surface area contributed by atoms with Gasteiger partial charge in [-0.15, -0.1) is 0 Å². The van der Waals surface area contributed by atoms with Crippen molar-refractivity contribution in [2.75, 3.05) is 5.32 Å². The number of rotatable bonds is 3. The van der Waals surface area contributed by atoms with E-state index >= 15 is 0 Å². The fourth-order valence-corrected chi connectivity index (χ4v) is 2.76. The Morgan fingerprint density at radius 2 is 1.61 bits per heavy atom. The van der Waals surface area contributed by atoms with Crippen molar-refractivity contribution in [3.05, 3.63) is 78.4 Å². The predicted octanol–water partition coefficient (Wildman–Crippen LogP) is 5.59. The molecular weight excluding hydrogens is 372 g/mol. The normalized spacial score (nSPS) is 11.6. The monoisotopic (exact) mass is 384 g/mol. The third-order valence-corrected chi connectivity index (χ3v) is 4.03. The van der Waals surface area contributed by atoms with Crippen LogP contribution in [-0.4, -0.2) is 15.0 Å². The molecule has 2 aromatic carbocycles. The van der Waals surface area contributed by atoms with Crippen molar-refractivity contribution < 1.29 is 17.6 Å². The largest absolute Gasteiger partial charge is 0.416 e. The van der Waals surface area contributed by atoms with Gasteiger partial charge in [-0.25, -0.2) is 14.4 Å². The topological polar surface area (TPSA) is 50.7 Å². The summed E-state index contributed by atoms with van der Waals surface area (Å²) >= 11 is 0. The molecule has 0 bridgehead atoms. The molecule has 0 fully saturated rings. The van der Waals surface area contributed by atoms with Gasteiger partial charge in [0.1, 0.15) is 11.6 Å². The molecule has 8 heteroatoms. The van der Waals surface area contributed by atoms with E-state index in [4.69, 9.17) is 0 Å². The maximum absolute atomic E-state index is 13.7. The SMILES string of the molecule is Fc1cc(Nc2nc(-c3ccncc3)nc3ccccc23)cc(C(F)(F)F)c1. The van der Waals surface area contributed by atoms with Crippen molar-refractivity contribution in [3.8, 4) is 11.4 Å². The smallest absolute Gasteiger partial charge is 0.339 e. The molecule has 0 saturated carbocycles. The summed E-state index contributed by atoms with van der Waals surface area (Å²) in [6, 6.07) is 12.8. The minimum atomic E-state index is -4.66. The van der Waals surface area contributed by atoms with Crippen molar-refractivity contribution in [1.29, 1.82) is 0 Å². The highest BCUT2D eigenvalue weighted by molar-refractivity contribution is 5.92. The lowest BCUT2D eigenvalue weighted by molar-refractivity contribution is -0.137. The molecular formula is C20H12F4N4. The summed E-state index contributed by atoms with van der Waals surface area (Å²) in [5, 5.41) is 3.40. The molecule has 4 nitrogen and oxygen atoms in total. The second kappa shape index (κ2) is 6.88. The Kier molecular flexibility index (Phi) is 4.38. The van der Waals surface area contributed by atoms with Crippen LogP contribution in [0.1, 0.15) is 5.56 Å². The maximum atomic E-state index is 13.7. The summed E-state index contributed by atoms with van der Waals surface area (Å²) in [5.74, 6) is -0.350. The lowest BCUT2D eigenvalue weighted by Crippen LogP contribution is -2.07. The molecule has 4 rings (SSSR count). The van der Waals surface area contributed by atoms with Gasteiger partial charge < -0.3 is 5.32 Å². The van der Waals surface area contributed by atoms with E-state index in [0.29, 0.717) is 28.4 Å². The van der Waals surface area contributed by atoms with Crippen molar-refractivity contribution >= 4 is 22.4 Å². The van der Waals surface area contributed by atoms with Crippen LogP contribution in [0.4, 0.5) is 29.1 Å². The number of anilines is 2. The van der Waals surface area contributed by atoms with Gasteiger partial charge in [0, 0.05) is 29.0 Å². The molecule has 2 heterocycles. The number of halogens is 4. The highest BCUT2D eigenvalue weighted by Crippen LogP contribution is 2.33. The number of nitrogens with one attached hydrogen (secondary N) is 1. The number of para-hydroxylation sites is 1. The molecule has 0 aliphatic carbocycles. The van der Waals surface area contributed by atoms with Crippen LogP contribution >= 0.6 is 0 Å². The molecule has 0 unspecified atom stereocenters. The highest BCUT2D eigenvalue weighted by atomic mass is 19.4. The van der Waals surface area contributed by atoms with Crippen LogP contribution in [0.15, 0.2) is 67.0 Å². The Bertz CT molecular complexity index is 1140. The van der Waals surface area contributed by atoms with Crippen molar-refractivity contribution in [2.45, 2.75) is 6.18 Å². The second-order valence-corrected chi connectivity index (χ2v) is 6.00. The zero-order valence-electron chi connectivity index (χ0n) is 14.2. The molecule has 0 spiro atoms. The molecule has 0 atom stereocenters. The molecule has 0 aliphatic heterocycles. The first kappa shape index (κ1) is 17.8. The highest BCUT2D eigenvalue weighted by Gasteiger charge is 2.31. The van der Waals surface area contributed by atoms with Crippen LogP contribution in [0.25, 0.3) is 22.3 Å². The van der Waals surface area contributed by atoms with Gasteiger partial charge in [-0.3, -0.25) is 4.98 Å². The maximum Gasteiger partial charge on any atom is 0.416 e. The van der Waals surface area contributed by atoms with Gasteiger partial charge in [0.2, 0.25) is 0 Å². The third-order valence-electron chi connectivity index (χ3n) is 4.03. The van der Waals surface area contributed by atoms with Crippen molar-refractivity contribution in [1.82, 2.24) is 15.0 Å². The number of alkyl halides is 3. The van der Waals surface area contributed by atoms with Crippen LogP contribution in [-0.2, 0) is 6.18 Å². The van der Waals surface area contributed by atoms with Gasteiger partial charge in [0.05, 0.1) is 11.1 Å². The van der Waals surface area contributed by atoms with Gasteiger partial charge in [-0.1, -0.05) is 12.1 Å². The third kappa shape index (κ3) is 3.62. The lowest BCUT2D eigenvalue weighted by atomic mass is 10.1. The van der Waals surface area contributed by atoms with E-state index in [-0.39, 0.29) is 11.5 Å². The van der Waals surface area contributed by atoms with Gasteiger partial charge in [0.15, 0.2) is 5.82 Å². The van der Waals surface area contributed by atoms with Gasteiger partial charge in [-0.05, 0) is 42.5 Å². The minimum absolute atomic E-state index is 0.0585. The number of benzene rings is 2. The molecule has 2 aromatic heterocycles. The molecule has 0 saturated heterocycles. The number of fused-ring (bicyclic) bond motifs is 1. The first-order valence-corrected chi connectivity index (χ1v) is 8.22. The van der Waals surface area contributed by atoms with Crippen LogP contribution in [0.3, 0.4) is 0 Å². The molecule has 0 radical (unpaired) electrons. The predicted molar refractivity (Wildman–Crippen MR) is 97.5 cm³/mol.